The maximum Gasteiger partial charge on any atom is 0.269 e. The molecule has 6 rings (SSSR count). The number of nitro groups is 2. The standard InChI is InChI=1S/C20H14N2O2.C14H11N.C6H4FNO2/c21-15-20(16-7-3-1-4-8-16,17-9-5-2-6-10-17)18-11-13-19(14-12-18)22(23)24;15-11-14(12-7-3-1-4-8-12)13-9-5-2-6-10-13;7-5-1-3-6(4-2-5)8(9)10/h1-14H;1-10,14H;1-4H. The van der Waals surface area contributed by atoms with Gasteiger partial charge in [0.2, 0.25) is 0 Å². The van der Waals surface area contributed by atoms with E-state index in [9.17, 15) is 35.1 Å². The largest absolute Gasteiger partial charge is 0.269 e. The lowest BCUT2D eigenvalue weighted by Crippen LogP contribution is -2.27. The minimum absolute atomic E-state index is 0.00622. The van der Waals surface area contributed by atoms with Gasteiger partial charge in [0.05, 0.1) is 27.9 Å². The van der Waals surface area contributed by atoms with E-state index in [1.807, 2.05) is 121 Å². The van der Waals surface area contributed by atoms with Gasteiger partial charge >= 0.3 is 0 Å². The van der Waals surface area contributed by atoms with Crippen LogP contribution in [0, 0.1) is 48.7 Å². The molecule has 0 saturated heterocycles. The number of benzene rings is 6. The predicted molar refractivity (Wildman–Crippen MR) is 185 cm³/mol. The quantitative estimate of drug-likeness (QED) is 0.0961. The molecule has 0 fully saturated rings. The first kappa shape index (κ1) is 34.9. The molecule has 0 unspecified atom stereocenters. The van der Waals surface area contributed by atoms with Crippen molar-refractivity contribution >= 4 is 11.4 Å². The third-order valence-corrected chi connectivity index (χ3v) is 7.52. The highest BCUT2D eigenvalue weighted by molar-refractivity contribution is 5.57. The highest BCUT2D eigenvalue weighted by atomic mass is 19.1. The summed E-state index contributed by atoms with van der Waals surface area (Å²) in [4.78, 5) is 19.9. The molecule has 0 amide bonds. The van der Waals surface area contributed by atoms with Crippen molar-refractivity contribution < 1.29 is 14.2 Å². The van der Waals surface area contributed by atoms with E-state index in [1.165, 1.54) is 12.1 Å². The van der Waals surface area contributed by atoms with Crippen molar-refractivity contribution in [3.63, 3.8) is 0 Å². The fraction of sp³-hybridized carbons (Fsp3) is 0.0500. The summed E-state index contributed by atoms with van der Waals surface area (Å²) in [6.45, 7) is 0. The number of non-ortho nitro benzene ring substituents is 2. The molecule has 0 heterocycles. The highest BCUT2D eigenvalue weighted by Crippen LogP contribution is 2.39. The van der Waals surface area contributed by atoms with Crippen LogP contribution in [0.2, 0.25) is 0 Å². The summed E-state index contributed by atoms with van der Waals surface area (Å²) in [6.07, 6.45) is 0. The molecule has 6 aromatic carbocycles. The SMILES string of the molecule is N#CC(c1ccccc1)(c1ccccc1)c1ccc([N+](=O)[O-])cc1.N#CC(c1ccccc1)c1ccccc1.O=[N+]([O-])c1ccc(F)cc1. The minimum atomic E-state index is -1.02. The van der Waals surface area contributed by atoms with Gasteiger partial charge in [-0.05, 0) is 52.1 Å². The Morgan fingerprint density at radius 3 is 1.16 bits per heavy atom. The topological polar surface area (TPSA) is 134 Å². The molecule has 49 heavy (non-hydrogen) atoms. The average Bonchev–Trinajstić information content (AvgIpc) is 3.15. The number of hydrogen-bond donors (Lipinski definition) is 0. The molecule has 0 atom stereocenters. The molecule has 0 aliphatic carbocycles. The zero-order valence-corrected chi connectivity index (χ0v) is 26.0. The maximum absolute atomic E-state index is 12.1. The molecule has 0 bridgehead atoms. The molecular formula is C40H29FN4O4. The Morgan fingerprint density at radius 1 is 0.510 bits per heavy atom. The van der Waals surface area contributed by atoms with Crippen LogP contribution < -0.4 is 0 Å². The Kier molecular flexibility index (Phi) is 12.2. The van der Waals surface area contributed by atoms with Crippen molar-refractivity contribution in [2.45, 2.75) is 11.3 Å². The van der Waals surface area contributed by atoms with Crippen LogP contribution in [-0.4, -0.2) is 9.85 Å². The molecule has 240 valence electrons. The number of rotatable bonds is 7. The van der Waals surface area contributed by atoms with E-state index >= 15 is 0 Å². The fourth-order valence-electron chi connectivity index (χ4n) is 5.10. The van der Waals surface area contributed by atoms with Crippen LogP contribution in [0.3, 0.4) is 0 Å². The van der Waals surface area contributed by atoms with Gasteiger partial charge in [-0.3, -0.25) is 20.2 Å². The lowest BCUT2D eigenvalue weighted by atomic mass is 9.70. The summed E-state index contributed by atoms with van der Waals surface area (Å²) >= 11 is 0. The van der Waals surface area contributed by atoms with E-state index < -0.39 is 21.1 Å². The number of halogens is 1. The van der Waals surface area contributed by atoms with E-state index in [1.54, 1.807) is 12.1 Å². The third-order valence-electron chi connectivity index (χ3n) is 7.52. The lowest BCUT2D eigenvalue weighted by molar-refractivity contribution is -0.385. The second kappa shape index (κ2) is 17.1. The maximum atomic E-state index is 12.1. The predicted octanol–water partition coefficient (Wildman–Crippen LogP) is 9.53. The lowest BCUT2D eigenvalue weighted by Gasteiger charge is -2.28. The molecular weight excluding hydrogens is 619 g/mol. The Balaban J connectivity index is 0.000000184. The monoisotopic (exact) mass is 648 g/mol. The molecule has 0 radical (unpaired) electrons. The summed E-state index contributed by atoms with van der Waals surface area (Å²) in [7, 11) is 0. The first-order valence-corrected chi connectivity index (χ1v) is 15.0. The number of hydrogen-bond acceptors (Lipinski definition) is 6. The zero-order chi connectivity index (χ0) is 35.1. The van der Waals surface area contributed by atoms with Crippen molar-refractivity contribution in [1.82, 2.24) is 0 Å². The van der Waals surface area contributed by atoms with Crippen molar-refractivity contribution in [3.05, 3.63) is 224 Å². The van der Waals surface area contributed by atoms with Crippen molar-refractivity contribution in [2.24, 2.45) is 0 Å². The zero-order valence-electron chi connectivity index (χ0n) is 26.0. The molecule has 0 saturated carbocycles. The number of nitrogens with zero attached hydrogens (tertiary/aromatic N) is 4. The summed E-state index contributed by atoms with van der Waals surface area (Å²) in [5, 5.41) is 40.2. The van der Waals surface area contributed by atoms with Crippen molar-refractivity contribution in [3.8, 4) is 12.1 Å². The molecule has 0 aliphatic rings. The van der Waals surface area contributed by atoms with Crippen LogP contribution in [0.4, 0.5) is 15.8 Å². The van der Waals surface area contributed by atoms with Crippen LogP contribution in [-0.2, 0) is 5.41 Å². The minimum Gasteiger partial charge on any atom is -0.258 e. The van der Waals surface area contributed by atoms with E-state index in [0.717, 1.165) is 46.5 Å². The van der Waals surface area contributed by atoms with Crippen molar-refractivity contribution in [2.75, 3.05) is 0 Å². The highest BCUT2D eigenvalue weighted by Gasteiger charge is 2.36. The second-order valence-electron chi connectivity index (χ2n) is 10.5. The molecule has 0 N–H and O–H groups in total. The Bertz CT molecular complexity index is 1950. The summed E-state index contributed by atoms with van der Waals surface area (Å²) in [6, 6.07) is 54.0. The Hall–Kier alpha value is -6.97. The van der Waals surface area contributed by atoms with Gasteiger partial charge in [-0.2, -0.15) is 10.5 Å². The molecule has 0 spiro atoms. The number of nitriles is 2. The van der Waals surface area contributed by atoms with Gasteiger partial charge in [0.1, 0.15) is 11.2 Å². The van der Waals surface area contributed by atoms with E-state index in [4.69, 9.17) is 0 Å². The van der Waals surface area contributed by atoms with Gasteiger partial charge in [0.15, 0.2) is 0 Å². The smallest absolute Gasteiger partial charge is 0.258 e. The van der Waals surface area contributed by atoms with Gasteiger partial charge in [-0.1, -0.05) is 121 Å². The normalized spacial score (nSPS) is 10.2. The molecule has 8 nitrogen and oxygen atoms in total. The first-order chi connectivity index (χ1) is 23.8. The van der Waals surface area contributed by atoms with Gasteiger partial charge in [-0.25, -0.2) is 4.39 Å². The number of nitro benzene ring substituents is 2. The van der Waals surface area contributed by atoms with Gasteiger partial charge in [-0.15, -0.1) is 0 Å². The summed E-state index contributed by atoms with van der Waals surface area (Å²) in [5.74, 6) is -0.627. The van der Waals surface area contributed by atoms with Crippen LogP contribution in [0.15, 0.2) is 170 Å². The van der Waals surface area contributed by atoms with Crippen LogP contribution >= 0.6 is 0 Å². The summed E-state index contributed by atoms with van der Waals surface area (Å²) in [5.41, 5.74) is 3.34. The molecule has 6 aromatic rings. The van der Waals surface area contributed by atoms with E-state index in [-0.39, 0.29) is 17.3 Å². The Morgan fingerprint density at radius 2 is 0.837 bits per heavy atom. The van der Waals surface area contributed by atoms with Gasteiger partial charge in [0.25, 0.3) is 11.4 Å². The first-order valence-electron chi connectivity index (χ1n) is 15.0. The molecule has 0 aromatic heterocycles. The van der Waals surface area contributed by atoms with Crippen LogP contribution in [0.25, 0.3) is 0 Å². The second-order valence-corrected chi connectivity index (χ2v) is 10.5. The molecule has 0 aliphatic heterocycles. The molecule has 9 heteroatoms. The van der Waals surface area contributed by atoms with Crippen LogP contribution in [0.5, 0.6) is 0 Å². The Labute approximate surface area is 282 Å². The van der Waals surface area contributed by atoms with Gasteiger partial charge < -0.3 is 0 Å². The third kappa shape index (κ3) is 8.85. The van der Waals surface area contributed by atoms with Crippen molar-refractivity contribution in [1.29, 1.82) is 10.5 Å². The van der Waals surface area contributed by atoms with Crippen LogP contribution in [0.1, 0.15) is 33.7 Å². The van der Waals surface area contributed by atoms with E-state index in [2.05, 4.69) is 12.1 Å². The average molecular weight is 649 g/mol. The fourth-order valence-corrected chi connectivity index (χ4v) is 5.10. The van der Waals surface area contributed by atoms with E-state index in [0.29, 0.717) is 5.56 Å². The summed E-state index contributed by atoms with van der Waals surface area (Å²) < 4.78 is 12.1. The van der Waals surface area contributed by atoms with Gasteiger partial charge in [0, 0.05) is 24.3 Å².